The summed E-state index contributed by atoms with van der Waals surface area (Å²) in [6, 6.07) is 8.80. The number of primary amides is 1. The molecule has 0 saturated heterocycles. The summed E-state index contributed by atoms with van der Waals surface area (Å²) in [6.07, 6.45) is 0.170. The number of carbonyl (C=O) groups excluding carboxylic acids is 4. The molecule has 0 radical (unpaired) electrons. The summed E-state index contributed by atoms with van der Waals surface area (Å²) < 4.78 is 10.5. The van der Waals surface area contributed by atoms with E-state index in [1.165, 1.54) is 24.2 Å². The Morgan fingerprint density at radius 3 is 2.33 bits per heavy atom. The van der Waals surface area contributed by atoms with E-state index in [9.17, 15) is 24.3 Å². The Morgan fingerprint density at radius 1 is 1.12 bits per heavy atom. The van der Waals surface area contributed by atoms with Crippen molar-refractivity contribution >= 4 is 29.5 Å². The molecule has 216 valence electrons. The van der Waals surface area contributed by atoms with Gasteiger partial charge in [0.25, 0.3) is 5.91 Å². The zero-order valence-corrected chi connectivity index (χ0v) is 23.5. The SMILES string of the molecule is C=CCN(C(=O)C(CCC(N)=O)NC(=O)OC(C)(C)C)C(C(=O)Nc1ccc(OC)cc1)c1cccc(C)c1O. The quantitative estimate of drug-likeness (QED) is 0.292. The standard InChI is InChI=1S/C29H38N4O7/c1-7-17-33(27(37)22(15-16-23(30)34)32-28(38)40-29(3,4)5)24(21-10-8-9-18(2)25(21)35)26(36)31-19-11-13-20(39-6)14-12-19/h7-14,22,24,35H,1,15-17H2,2-6H3,(H2,30,34)(H,31,36)(H,32,38). The van der Waals surface area contributed by atoms with Crippen LogP contribution in [0.2, 0.25) is 0 Å². The molecule has 2 unspecified atom stereocenters. The summed E-state index contributed by atoms with van der Waals surface area (Å²) >= 11 is 0. The van der Waals surface area contributed by atoms with Gasteiger partial charge in [-0.3, -0.25) is 14.4 Å². The van der Waals surface area contributed by atoms with Crippen molar-refractivity contribution in [2.45, 2.75) is 58.2 Å². The van der Waals surface area contributed by atoms with Gasteiger partial charge in [0.1, 0.15) is 29.2 Å². The van der Waals surface area contributed by atoms with Crippen molar-refractivity contribution in [2.24, 2.45) is 5.73 Å². The lowest BCUT2D eigenvalue weighted by Gasteiger charge is -2.34. The smallest absolute Gasteiger partial charge is 0.408 e. The number of phenolic OH excluding ortho intramolecular Hbond substituents is 1. The Hall–Kier alpha value is -4.54. The first-order chi connectivity index (χ1) is 18.8. The van der Waals surface area contributed by atoms with Gasteiger partial charge in [-0.15, -0.1) is 6.58 Å². The van der Waals surface area contributed by atoms with Crippen LogP contribution in [0.5, 0.6) is 11.5 Å². The number of aryl methyl sites for hydroxylation is 1. The zero-order chi connectivity index (χ0) is 30.0. The van der Waals surface area contributed by atoms with Gasteiger partial charge in [0.15, 0.2) is 0 Å². The van der Waals surface area contributed by atoms with Crippen LogP contribution in [0.1, 0.15) is 50.8 Å². The van der Waals surface area contributed by atoms with Gasteiger partial charge in [0.05, 0.1) is 7.11 Å². The molecule has 2 aromatic carbocycles. The third kappa shape index (κ3) is 9.04. The molecule has 0 heterocycles. The summed E-state index contributed by atoms with van der Waals surface area (Å²) in [5.74, 6) is -1.60. The molecule has 0 spiro atoms. The van der Waals surface area contributed by atoms with Crippen LogP contribution < -0.4 is 21.1 Å². The first-order valence-corrected chi connectivity index (χ1v) is 12.7. The van der Waals surface area contributed by atoms with Crippen LogP contribution in [0.25, 0.3) is 0 Å². The van der Waals surface area contributed by atoms with Crippen LogP contribution in [0.4, 0.5) is 10.5 Å². The second-order valence-electron chi connectivity index (χ2n) is 10.1. The molecule has 0 saturated carbocycles. The largest absolute Gasteiger partial charge is 0.507 e. The molecule has 2 rings (SSSR count). The highest BCUT2D eigenvalue weighted by atomic mass is 16.6. The predicted octanol–water partition coefficient (Wildman–Crippen LogP) is 3.56. The highest BCUT2D eigenvalue weighted by Crippen LogP contribution is 2.33. The molecule has 2 aromatic rings. The van der Waals surface area contributed by atoms with Gasteiger partial charge in [0, 0.05) is 24.2 Å². The van der Waals surface area contributed by atoms with Crippen molar-refractivity contribution in [1.29, 1.82) is 0 Å². The van der Waals surface area contributed by atoms with Gasteiger partial charge in [-0.1, -0.05) is 24.3 Å². The fourth-order valence-corrected chi connectivity index (χ4v) is 3.89. The monoisotopic (exact) mass is 554 g/mol. The molecule has 5 N–H and O–H groups in total. The lowest BCUT2D eigenvalue weighted by molar-refractivity contribution is -0.140. The van der Waals surface area contributed by atoms with Crippen LogP contribution in [0.3, 0.4) is 0 Å². The topological polar surface area (TPSA) is 160 Å². The Balaban J connectivity index is 2.55. The Bertz CT molecular complexity index is 1220. The molecular formula is C29H38N4O7. The van der Waals surface area contributed by atoms with Crippen LogP contribution in [-0.2, 0) is 19.1 Å². The number of hydrogen-bond donors (Lipinski definition) is 4. The van der Waals surface area contributed by atoms with E-state index >= 15 is 0 Å². The lowest BCUT2D eigenvalue weighted by Crippen LogP contribution is -2.52. The highest BCUT2D eigenvalue weighted by molar-refractivity contribution is 5.99. The van der Waals surface area contributed by atoms with Crippen molar-refractivity contribution in [1.82, 2.24) is 10.2 Å². The van der Waals surface area contributed by atoms with Gasteiger partial charge >= 0.3 is 6.09 Å². The third-order valence-electron chi connectivity index (χ3n) is 5.76. The maximum absolute atomic E-state index is 14.0. The number of amides is 4. The minimum absolute atomic E-state index is 0.129. The molecule has 40 heavy (non-hydrogen) atoms. The van der Waals surface area contributed by atoms with Crippen molar-refractivity contribution in [3.05, 3.63) is 66.2 Å². The molecule has 0 aliphatic carbocycles. The molecule has 2 atom stereocenters. The van der Waals surface area contributed by atoms with Gasteiger partial charge in [-0.2, -0.15) is 0 Å². The average Bonchev–Trinajstić information content (AvgIpc) is 2.87. The van der Waals surface area contributed by atoms with Crippen LogP contribution in [-0.4, -0.2) is 59.1 Å². The van der Waals surface area contributed by atoms with E-state index in [2.05, 4.69) is 17.2 Å². The number of benzene rings is 2. The van der Waals surface area contributed by atoms with E-state index in [0.29, 0.717) is 17.0 Å². The van der Waals surface area contributed by atoms with Gasteiger partial charge in [-0.05, 0) is 63.9 Å². The summed E-state index contributed by atoms with van der Waals surface area (Å²) in [7, 11) is 1.52. The number of hydrogen-bond acceptors (Lipinski definition) is 7. The number of alkyl carbamates (subject to hydrolysis) is 1. The van der Waals surface area contributed by atoms with Crippen molar-refractivity contribution in [3.8, 4) is 11.5 Å². The van der Waals surface area contributed by atoms with Crippen LogP contribution >= 0.6 is 0 Å². The number of phenols is 1. The zero-order valence-electron chi connectivity index (χ0n) is 23.5. The normalized spacial score (nSPS) is 12.4. The Kier molecular flexibility index (Phi) is 11.1. The van der Waals surface area contributed by atoms with Crippen LogP contribution in [0, 0.1) is 6.92 Å². The first kappa shape index (κ1) is 31.7. The third-order valence-corrected chi connectivity index (χ3v) is 5.76. The van der Waals surface area contributed by atoms with E-state index in [0.717, 1.165) is 0 Å². The number of nitrogens with one attached hydrogen (secondary N) is 2. The lowest BCUT2D eigenvalue weighted by atomic mass is 9.98. The molecular weight excluding hydrogens is 516 g/mol. The van der Waals surface area contributed by atoms with Crippen LogP contribution in [0.15, 0.2) is 55.1 Å². The maximum atomic E-state index is 14.0. The molecule has 11 heteroatoms. The minimum Gasteiger partial charge on any atom is -0.507 e. The molecule has 0 fully saturated rings. The van der Waals surface area contributed by atoms with E-state index in [1.807, 2.05) is 0 Å². The van der Waals surface area contributed by atoms with Crippen molar-refractivity contribution in [2.75, 3.05) is 19.0 Å². The average molecular weight is 555 g/mol. The molecule has 11 nitrogen and oxygen atoms in total. The molecule has 0 aromatic heterocycles. The van der Waals surface area contributed by atoms with Crippen molar-refractivity contribution < 1.29 is 33.8 Å². The number of anilines is 1. The molecule has 0 aliphatic rings. The first-order valence-electron chi connectivity index (χ1n) is 12.7. The van der Waals surface area contributed by atoms with Gasteiger partial charge in [-0.25, -0.2) is 4.79 Å². The number of para-hydroxylation sites is 1. The molecule has 0 bridgehead atoms. The summed E-state index contributed by atoms with van der Waals surface area (Å²) in [6.45, 7) is 10.2. The molecule has 0 aliphatic heterocycles. The Labute approximate surface area is 234 Å². The Morgan fingerprint density at radius 2 is 1.77 bits per heavy atom. The number of ether oxygens (including phenoxy) is 2. The number of rotatable bonds is 12. The van der Waals surface area contributed by atoms with E-state index in [4.69, 9.17) is 15.2 Å². The molecule has 4 amide bonds. The predicted molar refractivity (Wildman–Crippen MR) is 151 cm³/mol. The highest BCUT2D eigenvalue weighted by Gasteiger charge is 2.37. The number of carbonyl (C=O) groups is 4. The van der Waals surface area contributed by atoms with E-state index in [1.54, 1.807) is 64.1 Å². The van der Waals surface area contributed by atoms with Gasteiger partial charge in [0.2, 0.25) is 11.8 Å². The minimum atomic E-state index is -1.34. The summed E-state index contributed by atoms with van der Waals surface area (Å²) in [5, 5.41) is 16.2. The number of nitrogens with zero attached hydrogens (tertiary/aromatic N) is 1. The number of nitrogens with two attached hydrogens (primary N) is 1. The number of aromatic hydroxyl groups is 1. The van der Waals surface area contributed by atoms with Crippen molar-refractivity contribution in [3.63, 3.8) is 0 Å². The second-order valence-corrected chi connectivity index (χ2v) is 10.1. The second kappa shape index (κ2) is 14.0. The van der Waals surface area contributed by atoms with E-state index < -0.39 is 41.5 Å². The van der Waals surface area contributed by atoms with E-state index in [-0.39, 0.29) is 30.7 Å². The fraction of sp³-hybridized carbons (Fsp3) is 0.379. The van der Waals surface area contributed by atoms with Gasteiger partial charge < -0.3 is 35.8 Å². The fourth-order valence-electron chi connectivity index (χ4n) is 3.89. The summed E-state index contributed by atoms with van der Waals surface area (Å²) in [4.78, 5) is 53.1. The number of methoxy groups -OCH3 is 1. The maximum Gasteiger partial charge on any atom is 0.408 e. The summed E-state index contributed by atoms with van der Waals surface area (Å²) in [5.41, 5.74) is 5.54.